The minimum Gasteiger partial charge on any atom is -0.275 e. The molecule has 0 N–H and O–H groups in total. The second kappa shape index (κ2) is 5.21. The lowest BCUT2D eigenvalue weighted by atomic mass is 10.3. The topological polar surface area (TPSA) is 34.9 Å². The van der Waals surface area contributed by atoms with Crippen molar-refractivity contribution in [2.24, 2.45) is 0 Å². The second-order valence-electron chi connectivity index (χ2n) is 3.25. The van der Waals surface area contributed by atoms with Gasteiger partial charge >= 0.3 is 0 Å². The lowest BCUT2D eigenvalue weighted by molar-refractivity contribution is 0.898. The highest BCUT2D eigenvalue weighted by Gasteiger charge is 2.14. The zero-order valence-corrected chi connectivity index (χ0v) is 11.6. The van der Waals surface area contributed by atoms with Gasteiger partial charge in [0.05, 0.1) is 5.69 Å². The number of rotatable bonds is 2. The molecule has 0 atom stereocenters. The van der Waals surface area contributed by atoms with Crippen molar-refractivity contribution in [3.05, 3.63) is 56.7 Å². The van der Waals surface area contributed by atoms with Gasteiger partial charge in [0.1, 0.15) is 0 Å². The summed E-state index contributed by atoms with van der Waals surface area (Å²) in [6.45, 7) is 0. The third kappa shape index (κ3) is 2.39. The Labute approximate surface area is 116 Å². The van der Waals surface area contributed by atoms with Gasteiger partial charge in [-0.1, -0.05) is 57.3 Å². The summed E-state index contributed by atoms with van der Waals surface area (Å²) in [5.41, 5.74) is 0.905. The molecule has 0 unspecified atom stereocenters. The van der Waals surface area contributed by atoms with E-state index >= 15 is 0 Å². The molecule has 0 aliphatic carbocycles. The van der Waals surface area contributed by atoms with Gasteiger partial charge in [-0.25, -0.2) is 4.98 Å². The molecule has 0 aliphatic rings. The zero-order valence-electron chi connectivity index (χ0n) is 8.53. The molecule has 88 valence electrons. The number of benzene rings is 1. The standard InChI is InChI=1S/C11H7BrCl2N2O/c12-6-8-9(13)15-10(14)11(17)16(8)7-4-2-1-3-5-7/h1-5H,6H2. The predicted octanol–water partition coefficient (Wildman–Crippen LogP) is 3.43. The molecule has 0 radical (unpaired) electrons. The SMILES string of the molecule is O=c1c(Cl)nc(Cl)c(CBr)n1-c1ccccc1. The Kier molecular flexibility index (Phi) is 3.86. The average molecular weight is 334 g/mol. The van der Waals surface area contributed by atoms with Gasteiger partial charge in [0, 0.05) is 11.0 Å². The van der Waals surface area contributed by atoms with Crippen LogP contribution in [0.1, 0.15) is 5.69 Å². The second-order valence-corrected chi connectivity index (χ2v) is 4.53. The maximum absolute atomic E-state index is 12.0. The predicted molar refractivity (Wildman–Crippen MR) is 72.5 cm³/mol. The third-order valence-electron chi connectivity index (χ3n) is 2.22. The van der Waals surface area contributed by atoms with Gasteiger partial charge in [-0.15, -0.1) is 0 Å². The number of nitrogens with zero attached hydrogens (tertiary/aromatic N) is 2. The van der Waals surface area contributed by atoms with Crippen LogP contribution in [0.4, 0.5) is 0 Å². The Bertz CT molecular complexity index is 598. The number of hydrogen-bond acceptors (Lipinski definition) is 2. The molecular formula is C11H7BrCl2N2O. The summed E-state index contributed by atoms with van der Waals surface area (Å²) in [5, 5.41) is 0.499. The summed E-state index contributed by atoms with van der Waals surface area (Å²) in [7, 11) is 0. The Morgan fingerprint density at radius 1 is 1.18 bits per heavy atom. The van der Waals surface area contributed by atoms with Gasteiger partial charge < -0.3 is 0 Å². The minimum atomic E-state index is -0.378. The Hall–Kier alpha value is -0.840. The van der Waals surface area contributed by atoms with Crippen molar-refractivity contribution in [3.63, 3.8) is 0 Å². The van der Waals surface area contributed by atoms with E-state index in [4.69, 9.17) is 23.2 Å². The lowest BCUT2D eigenvalue weighted by Crippen LogP contribution is -2.23. The summed E-state index contributed by atoms with van der Waals surface area (Å²) in [4.78, 5) is 15.8. The van der Waals surface area contributed by atoms with Crippen molar-refractivity contribution >= 4 is 39.1 Å². The molecule has 3 nitrogen and oxygen atoms in total. The number of alkyl halides is 1. The molecule has 6 heteroatoms. The van der Waals surface area contributed by atoms with Crippen LogP contribution in [-0.4, -0.2) is 9.55 Å². The smallest absolute Gasteiger partial charge is 0.275 e. The summed E-state index contributed by atoms with van der Waals surface area (Å²) in [5.74, 6) is 0. The van der Waals surface area contributed by atoms with Gasteiger partial charge in [-0.05, 0) is 12.1 Å². The molecule has 17 heavy (non-hydrogen) atoms. The fourth-order valence-electron chi connectivity index (χ4n) is 1.47. The van der Waals surface area contributed by atoms with Gasteiger partial charge in [-0.2, -0.15) is 0 Å². The van der Waals surface area contributed by atoms with Crippen LogP contribution in [0.3, 0.4) is 0 Å². The van der Waals surface area contributed by atoms with Crippen molar-refractivity contribution in [1.29, 1.82) is 0 Å². The highest BCUT2D eigenvalue weighted by atomic mass is 79.9. The van der Waals surface area contributed by atoms with E-state index in [0.717, 1.165) is 0 Å². The van der Waals surface area contributed by atoms with E-state index in [-0.39, 0.29) is 15.9 Å². The maximum atomic E-state index is 12.0. The fraction of sp³-hybridized carbons (Fsp3) is 0.0909. The van der Waals surface area contributed by atoms with E-state index in [2.05, 4.69) is 20.9 Å². The van der Waals surface area contributed by atoms with Crippen LogP contribution in [0, 0.1) is 0 Å². The highest BCUT2D eigenvalue weighted by Crippen LogP contribution is 2.20. The fourth-order valence-corrected chi connectivity index (χ4v) is 2.60. The molecule has 0 amide bonds. The number of hydrogen-bond donors (Lipinski definition) is 0. The van der Waals surface area contributed by atoms with Crippen molar-refractivity contribution in [2.45, 2.75) is 5.33 Å². The first-order valence-electron chi connectivity index (χ1n) is 4.73. The normalized spacial score (nSPS) is 10.5. The molecular weight excluding hydrogens is 327 g/mol. The molecule has 0 bridgehead atoms. The van der Waals surface area contributed by atoms with E-state index in [0.29, 0.717) is 16.7 Å². The largest absolute Gasteiger partial charge is 0.293 e. The van der Waals surface area contributed by atoms with E-state index in [1.807, 2.05) is 18.2 Å². The minimum absolute atomic E-state index is 0.136. The third-order valence-corrected chi connectivity index (χ3v) is 3.30. The van der Waals surface area contributed by atoms with Crippen molar-refractivity contribution in [2.75, 3.05) is 0 Å². The Morgan fingerprint density at radius 2 is 1.82 bits per heavy atom. The van der Waals surface area contributed by atoms with Crippen LogP contribution in [0.2, 0.25) is 10.3 Å². The summed E-state index contributed by atoms with van der Waals surface area (Å²) < 4.78 is 1.45. The van der Waals surface area contributed by atoms with Crippen LogP contribution in [0.5, 0.6) is 0 Å². The Morgan fingerprint density at radius 3 is 2.41 bits per heavy atom. The first kappa shape index (κ1) is 12.6. The molecule has 1 heterocycles. The average Bonchev–Trinajstić information content (AvgIpc) is 2.34. The lowest BCUT2D eigenvalue weighted by Gasteiger charge is -2.12. The van der Waals surface area contributed by atoms with Crippen LogP contribution in [0.25, 0.3) is 5.69 Å². The summed E-state index contributed by atoms with van der Waals surface area (Å²) in [6.07, 6.45) is 0. The van der Waals surface area contributed by atoms with E-state index in [1.165, 1.54) is 4.57 Å². The molecule has 0 spiro atoms. The number of aromatic nitrogens is 2. The molecule has 0 aliphatic heterocycles. The van der Waals surface area contributed by atoms with Gasteiger partial charge in [0.25, 0.3) is 5.56 Å². The molecule has 2 rings (SSSR count). The first-order valence-corrected chi connectivity index (χ1v) is 6.61. The van der Waals surface area contributed by atoms with E-state index in [1.54, 1.807) is 12.1 Å². The number of para-hydroxylation sites is 1. The van der Waals surface area contributed by atoms with Crippen molar-refractivity contribution < 1.29 is 0 Å². The number of halogens is 3. The van der Waals surface area contributed by atoms with Gasteiger partial charge in [0.15, 0.2) is 10.3 Å². The van der Waals surface area contributed by atoms with E-state index < -0.39 is 0 Å². The summed E-state index contributed by atoms with van der Waals surface area (Å²) >= 11 is 15.0. The first-order chi connectivity index (χ1) is 8.15. The molecule has 1 aromatic heterocycles. The van der Waals surface area contributed by atoms with Crippen LogP contribution >= 0.6 is 39.1 Å². The van der Waals surface area contributed by atoms with Gasteiger partial charge in [0.2, 0.25) is 0 Å². The Balaban J connectivity index is 2.80. The van der Waals surface area contributed by atoms with E-state index in [9.17, 15) is 4.79 Å². The quantitative estimate of drug-likeness (QED) is 0.789. The van der Waals surface area contributed by atoms with Crippen LogP contribution in [0.15, 0.2) is 35.1 Å². The van der Waals surface area contributed by atoms with Crippen molar-refractivity contribution in [1.82, 2.24) is 9.55 Å². The molecule has 1 aromatic carbocycles. The van der Waals surface area contributed by atoms with Gasteiger partial charge in [-0.3, -0.25) is 9.36 Å². The zero-order chi connectivity index (χ0) is 12.4. The molecule has 0 saturated heterocycles. The van der Waals surface area contributed by atoms with Crippen molar-refractivity contribution in [3.8, 4) is 5.69 Å². The molecule has 0 fully saturated rings. The molecule has 0 saturated carbocycles. The van der Waals surface area contributed by atoms with Crippen LogP contribution in [-0.2, 0) is 5.33 Å². The summed E-state index contributed by atoms with van der Waals surface area (Å²) in [6, 6.07) is 9.15. The maximum Gasteiger partial charge on any atom is 0.293 e. The molecule has 2 aromatic rings. The van der Waals surface area contributed by atoms with Crippen LogP contribution < -0.4 is 5.56 Å². The monoisotopic (exact) mass is 332 g/mol. The highest BCUT2D eigenvalue weighted by molar-refractivity contribution is 9.08.